The lowest BCUT2D eigenvalue weighted by Crippen LogP contribution is -2.17. The fraction of sp³-hybridized carbons (Fsp3) is 0.111. The molecule has 0 atom stereocenters. The second-order valence-corrected chi connectivity index (χ2v) is 6.45. The van der Waals surface area contributed by atoms with Gasteiger partial charge in [0.05, 0.1) is 12.7 Å². The fourth-order valence-corrected chi connectivity index (χ4v) is 2.80. The zero-order valence-electron chi connectivity index (χ0n) is 13.3. The Balaban J connectivity index is 1.87. The van der Waals surface area contributed by atoms with Gasteiger partial charge in [-0.1, -0.05) is 22.0 Å². The highest BCUT2D eigenvalue weighted by molar-refractivity contribution is 9.10. The lowest BCUT2D eigenvalue weighted by Gasteiger charge is -2.11. The van der Waals surface area contributed by atoms with E-state index in [0.717, 1.165) is 28.2 Å². The molecule has 1 heterocycles. The van der Waals surface area contributed by atoms with Crippen LogP contribution in [0.25, 0.3) is 0 Å². The molecule has 1 aromatic heterocycles. The molecule has 7 heteroatoms. The highest BCUT2D eigenvalue weighted by atomic mass is 79.9. The van der Waals surface area contributed by atoms with Crippen molar-refractivity contribution in [1.82, 2.24) is 9.78 Å². The molecule has 0 bridgehead atoms. The Morgan fingerprint density at radius 1 is 1.24 bits per heavy atom. The van der Waals surface area contributed by atoms with Gasteiger partial charge in [-0.25, -0.2) is 13.5 Å². The van der Waals surface area contributed by atoms with Gasteiger partial charge in [-0.15, -0.1) is 0 Å². The number of hydrogen-bond donors (Lipinski definition) is 1. The van der Waals surface area contributed by atoms with Crippen LogP contribution in [0.2, 0.25) is 0 Å². The van der Waals surface area contributed by atoms with Crippen molar-refractivity contribution in [2.45, 2.75) is 13.5 Å². The molecule has 25 heavy (non-hydrogen) atoms. The van der Waals surface area contributed by atoms with Crippen LogP contribution in [-0.2, 0) is 6.54 Å². The molecule has 0 spiro atoms. The van der Waals surface area contributed by atoms with Crippen LogP contribution in [0.1, 0.15) is 21.5 Å². The predicted octanol–water partition coefficient (Wildman–Crippen LogP) is 4.53. The Kier molecular flexibility index (Phi) is 4.94. The van der Waals surface area contributed by atoms with Gasteiger partial charge in [0.2, 0.25) is 0 Å². The standard InChI is InChI=1S/C18H14BrF2N3O/c1-11-9-22-24(10-13-8-15(20)5-6-16(13)21)17(11)23-18(25)12-3-2-4-14(19)7-12/h2-9H,10H2,1H3,(H,23,25). The van der Waals surface area contributed by atoms with Gasteiger partial charge in [0.15, 0.2) is 0 Å². The third-order valence-corrected chi connectivity index (χ3v) is 4.16. The molecule has 4 nitrogen and oxygen atoms in total. The van der Waals surface area contributed by atoms with Crippen molar-refractivity contribution in [1.29, 1.82) is 0 Å². The molecule has 2 aromatic carbocycles. The number of hydrogen-bond acceptors (Lipinski definition) is 2. The summed E-state index contributed by atoms with van der Waals surface area (Å²) in [6.07, 6.45) is 1.56. The van der Waals surface area contributed by atoms with Crippen molar-refractivity contribution < 1.29 is 13.6 Å². The smallest absolute Gasteiger partial charge is 0.256 e. The molecule has 0 fully saturated rings. The Bertz CT molecular complexity index is 940. The molecule has 1 N–H and O–H groups in total. The Hall–Kier alpha value is -2.54. The highest BCUT2D eigenvalue weighted by Gasteiger charge is 2.15. The summed E-state index contributed by atoms with van der Waals surface area (Å²) in [5, 5.41) is 6.93. The summed E-state index contributed by atoms with van der Waals surface area (Å²) < 4.78 is 29.4. The average Bonchev–Trinajstić information content (AvgIpc) is 2.91. The number of amides is 1. The maximum atomic E-state index is 13.9. The Morgan fingerprint density at radius 2 is 2.04 bits per heavy atom. The van der Waals surface area contributed by atoms with Gasteiger partial charge in [0.25, 0.3) is 5.91 Å². The molecular weight excluding hydrogens is 392 g/mol. The molecule has 1 amide bonds. The monoisotopic (exact) mass is 405 g/mol. The molecule has 0 saturated carbocycles. The van der Waals surface area contributed by atoms with Crippen LogP contribution < -0.4 is 5.32 Å². The van der Waals surface area contributed by atoms with Crippen molar-refractivity contribution in [3.63, 3.8) is 0 Å². The van der Waals surface area contributed by atoms with Crippen LogP contribution in [0.15, 0.2) is 53.1 Å². The zero-order chi connectivity index (χ0) is 18.0. The Morgan fingerprint density at radius 3 is 2.80 bits per heavy atom. The van der Waals surface area contributed by atoms with E-state index >= 15 is 0 Å². The number of nitrogens with one attached hydrogen (secondary N) is 1. The zero-order valence-corrected chi connectivity index (χ0v) is 14.8. The molecule has 0 unspecified atom stereocenters. The minimum Gasteiger partial charge on any atom is -0.307 e. The first-order valence-electron chi connectivity index (χ1n) is 7.47. The van der Waals surface area contributed by atoms with Gasteiger partial charge in [-0.2, -0.15) is 5.10 Å². The number of rotatable bonds is 4. The largest absolute Gasteiger partial charge is 0.307 e. The van der Waals surface area contributed by atoms with Crippen LogP contribution in [0, 0.1) is 18.6 Å². The highest BCUT2D eigenvalue weighted by Crippen LogP contribution is 2.20. The van der Waals surface area contributed by atoms with E-state index in [1.54, 1.807) is 31.3 Å². The Labute approximate surface area is 151 Å². The normalized spacial score (nSPS) is 10.7. The van der Waals surface area contributed by atoms with E-state index in [4.69, 9.17) is 0 Å². The third-order valence-electron chi connectivity index (χ3n) is 3.67. The van der Waals surface area contributed by atoms with Crippen molar-refractivity contribution in [2.24, 2.45) is 0 Å². The molecule has 0 saturated heterocycles. The SMILES string of the molecule is Cc1cnn(Cc2cc(F)ccc2F)c1NC(=O)c1cccc(Br)c1. The van der Waals surface area contributed by atoms with Crippen molar-refractivity contribution in [3.8, 4) is 0 Å². The summed E-state index contributed by atoms with van der Waals surface area (Å²) in [5.41, 5.74) is 1.35. The molecule has 0 aliphatic carbocycles. The number of anilines is 1. The second-order valence-electron chi connectivity index (χ2n) is 5.53. The van der Waals surface area contributed by atoms with Crippen molar-refractivity contribution >= 4 is 27.7 Å². The number of carbonyl (C=O) groups excluding carboxylic acids is 1. The summed E-state index contributed by atoms with van der Waals surface area (Å²) in [7, 11) is 0. The van der Waals surface area contributed by atoms with E-state index in [-0.39, 0.29) is 18.0 Å². The fourth-order valence-electron chi connectivity index (χ4n) is 2.40. The van der Waals surface area contributed by atoms with Crippen molar-refractivity contribution in [2.75, 3.05) is 5.32 Å². The predicted molar refractivity (Wildman–Crippen MR) is 94.5 cm³/mol. The van der Waals surface area contributed by atoms with Gasteiger partial charge in [-0.3, -0.25) is 4.79 Å². The summed E-state index contributed by atoms with van der Waals surface area (Å²) in [4.78, 5) is 12.4. The lowest BCUT2D eigenvalue weighted by molar-refractivity contribution is 0.102. The molecular formula is C18H14BrF2N3O. The van der Waals surface area contributed by atoms with E-state index in [9.17, 15) is 13.6 Å². The van der Waals surface area contributed by atoms with Crippen molar-refractivity contribution in [3.05, 3.63) is 81.5 Å². The van der Waals surface area contributed by atoms with E-state index in [0.29, 0.717) is 11.4 Å². The average molecular weight is 406 g/mol. The van der Waals surface area contributed by atoms with Crippen LogP contribution in [0.3, 0.4) is 0 Å². The minimum atomic E-state index is -0.529. The molecule has 128 valence electrons. The molecule has 0 aliphatic rings. The van der Waals surface area contributed by atoms with Crippen LogP contribution in [0.4, 0.5) is 14.6 Å². The molecule has 0 radical (unpaired) electrons. The first-order chi connectivity index (χ1) is 11.9. The lowest BCUT2D eigenvalue weighted by atomic mass is 10.2. The first kappa shape index (κ1) is 17.3. The van der Waals surface area contributed by atoms with E-state index in [1.165, 1.54) is 4.68 Å². The number of benzene rings is 2. The molecule has 0 aliphatic heterocycles. The van der Waals surface area contributed by atoms with E-state index in [2.05, 4.69) is 26.3 Å². The number of aryl methyl sites for hydroxylation is 1. The van der Waals surface area contributed by atoms with Crippen LogP contribution in [-0.4, -0.2) is 15.7 Å². The van der Waals surface area contributed by atoms with Gasteiger partial charge in [0.1, 0.15) is 17.5 Å². The summed E-state index contributed by atoms with van der Waals surface area (Å²) in [5.74, 6) is -0.932. The topological polar surface area (TPSA) is 46.9 Å². The second kappa shape index (κ2) is 7.14. The molecule has 3 aromatic rings. The quantitative estimate of drug-likeness (QED) is 0.692. The number of aromatic nitrogens is 2. The number of nitrogens with zero attached hydrogens (tertiary/aromatic N) is 2. The number of halogens is 3. The van der Waals surface area contributed by atoms with Crippen LogP contribution in [0.5, 0.6) is 0 Å². The van der Waals surface area contributed by atoms with Crippen LogP contribution >= 0.6 is 15.9 Å². The van der Waals surface area contributed by atoms with E-state index in [1.807, 2.05) is 6.07 Å². The molecule has 3 rings (SSSR count). The minimum absolute atomic E-state index is 0.00549. The number of carbonyl (C=O) groups is 1. The summed E-state index contributed by atoms with van der Waals surface area (Å²) in [6, 6.07) is 10.2. The van der Waals surface area contributed by atoms with Gasteiger partial charge >= 0.3 is 0 Å². The summed E-state index contributed by atoms with van der Waals surface area (Å²) >= 11 is 3.32. The van der Waals surface area contributed by atoms with Gasteiger partial charge in [0, 0.05) is 21.2 Å². The van der Waals surface area contributed by atoms with E-state index < -0.39 is 11.6 Å². The van der Waals surface area contributed by atoms with Gasteiger partial charge in [-0.05, 0) is 43.3 Å². The van der Waals surface area contributed by atoms with Gasteiger partial charge < -0.3 is 5.32 Å². The maximum absolute atomic E-state index is 13.9. The third kappa shape index (κ3) is 3.93. The summed E-state index contributed by atoms with van der Waals surface area (Å²) in [6.45, 7) is 1.79. The maximum Gasteiger partial charge on any atom is 0.256 e. The first-order valence-corrected chi connectivity index (χ1v) is 8.26.